The SMILES string of the molecule is CSc1cccc(-n2c(C)cc(-c3csc(N)n3)c2C)c1. The van der Waals surface area contributed by atoms with Gasteiger partial charge in [0.2, 0.25) is 0 Å². The molecule has 3 rings (SSSR count). The van der Waals surface area contributed by atoms with E-state index in [2.05, 4.69) is 60.0 Å². The molecular weight excluding hydrogens is 298 g/mol. The van der Waals surface area contributed by atoms with Gasteiger partial charge in [-0.2, -0.15) is 0 Å². The Labute approximate surface area is 132 Å². The Bertz CT molecular complexity index is 787. The van der Waals surface area contributed by atoms with Crippen LogP contribution in [0.1, 0.15) is 11.4 Å². The van der Waals surface area contributed by atoms with Gasteiger partial charge >= 0.3 is 0 Å². The van der Waals surface area contributed by atoms with Crippen molar-refractivity contribution in [1.29, 1.82) is 0 Å². The number of hydrogen-bond donors (Lipinski definition) is 1. The van der Waals surface area contributed by atoms with Gasteiger partial charge in [-0.15, -0.1) is 23.1 Å². The first-order valence-corrected chi connectivity index (χ1v) is 8.75. The maximum absolute atomic E-state index is 5.76. The molecule has 0 radical (unpaired) electrons. The first-order valence-electron chi connectivity index (χ1n) is 6.65. The minimum atomic E-state index is 0.610. The molecule has 1 aromatic carbocycles. The first kappa shape index (κ1) is 14.2. The minimum Gasteiger partial charge on any atom is -0.375 e. The Balaban J connectivity index is 2.13. The fourth-order valence-corrected chi connectivity index (χ4v) is 3.60. The van der Waals surface area contributed by atoms with E-state index in [9.17, 15) is 0 Å². The van der Waals surface area contributed by atoms with Crippen LogP contribution in [-0.4, -0.2) is 15.8 Å². The summed E-state index contributed by atoms with van der Waals surface area (Å²) < 4.78 is 2.27. The van der Waals surface area contributed by atoms with Crippen molar-refractivity contribution >= 4 is 28.2 Å². The molecule has 0 aliphatic carbocycles. The molecule has 0 unspecified atom stereocenters. The molecule has 0 saturated carbocycles. The number of aromatic nitrogens is 2. The van der Waals surface area contributed by atoms with Crippen LogP contribution in [0.15, 0.2) is 40.6 Å². The topological polar surface area (TPSA) is 43.8 Å². The third-order valence-electron chi connectivity index (χ3n) is 3.54. The molecule has 3 aromatic rings. The lowest BCUT2D eigenvalue weighted by atomic mass is 10.2. The lowest BCUT2D eigenvalue weighted by molar-refractivity contribution is 0.961. The molecule has 2 aromatic heterocycles. The number of nitrogens with two attached hydrogens (primary N) is 1. The van der Waals surface area contributed by atoms with Crippen molar-refractivity contribution in [1.82, 2.24) is 9.55 Å². The van der Waals surface area contributed by atoms with Crippen LogP contribution in [0.5, 0.6) is 0 Å². The van der Waals surface area contributed by atoms with Crippen LogP contribution < -0.4 is 5.73 Å². The Morgan fingerprint density at radius 1 is 1.24 bits per heavy atom. The molecule has 2 N–H and O–H groups in total. The van der Waals surface area contributed by atoms with Crippen molar-refractivity contribution < 1.29 is 0 Å². The van der Waals surface area contributed by atoms with E-state index in [-0.39, 0.29) is 0 Å². The van der Waals surface area contributed by atoms with Gasteiger partial charge in [0.25, 0.3) is 0 Å². The molecule has 0 aliphatic rings. The molecule has 0 spiro atoms. The molecule has 0 atom stereocenters. The number of rotatable bonds is 3. The Morgan fingerprint density at radius 2 is 2.05 bits per heavy atom. The summed E-state index contributed by atoms with van der Waals surface area (Å²) in [5.74, 6) is 0. The maximum atomic E-state index is 5.76. The van der Waals surface area contributed by atoms with Crippen LogP contribution in [0, 0.1) is 13.8 Å². The van der Waals surface area contributed by atoms with Gasteiger partial charge in [-0.3, -0.25) is 0 Å². The van der Waals surface area contributed by atoms with Crippen molar-refractivity contribution in [3.63, 3.8) is 0 Å². The van der Waals surface area contributed by atoms with Gasteiger partial charge in [-0.1, -0.05) is 6.07 Å². The molecule has 21 heavy (non-hydrogen) atoms. The van der Waals surface area contributed by atoms with Gasteiger partial charge in [-0.25, -0.2) is 4.98 Å². The average Bonchev–Trinajstić information content (AvgIpc) is 3.02. The van der Waals surface area contributed by atoms with Crippen LogP contribution in [0.2, 0.25) is 0 Å². The minimum absolute atomic E-state index is 0.610. The molecule has 0 fully saturated rings. The zero-order valence-electron chi connectivity index (χ0n) is 12.3. The van der Waals surface area contributed by atoms with E-state index in [1.807, 2.05) is 5.38 Å². The lowest BCUT2D eigenvalue weighted by Gasteiger charge is -2.11. The molecular formula is C16H17N3S2. The van der Waals surface area contributed by atoms with Crippen LogP contribution >= 0.6 is 23.1 Å². The van der Waals surface area contributed by atoms with E-state index in [4.69, 9.17) is 5.73 Å². The summed E-state index contributed by atoms with van der Waals surface area (Å²) in [5, 5.41) is 2.62. The molecule has 108 valence electrons. The van der Waals surface area contributed by atoms with Crippen molar-refractivity contribution in [2.45, 2.75) is 18.7 Å². The number of hydrogen-bond acceptors (Lipinski definition) is 4. The molecule has 2 heterocycles. The third kappa shape index (κ3) is 2.59. The fraction of sp³-hybridized carbons (Fsp3) is 0.188. The fourth-order valence-electron chi connectivity index (χ4n) is 2.58. The second-order valence-corrected chi connectivity index (χ2v) is 6.66. The highest BCUT2D eigenvalue weighted by molar-refractivity contribution is 7.98. The van der Waals surface area contributed by atoms with E-state index in [1.54, 1.807) is 11.8 Å². The highest BCUT2D eigenvalue weighted by Crippen LogP contribution is 2.31. The summed E-state index contributed by atoms with van der Waals surface area (Å²) in [5.41, 5.74) is 11.4. The number of nitrogen functional groups attached to an aromatic ring is 1. The molecule has 0 saturated heterocycles. The van der Waals surface area contributed by atoms with Crippen LogP contribution in [-0.2, 0) is 0 Å². The summed E-state index contributed by atoms with van der Waals surface area (Å²) >= 11 is 3.23. The number of anilines is 1. The van der Waals surface area contributed by atoms with Crippen LogP contribution in [0.4, 0.5) is 5.13 Å². The number of thioether (sulfide) groups is 1. The zero-order valence-corrected chi connectivity index (χ0v) is 13.9. The highest BCUT2D eigenvalue weighted by atomic mass is 32.2. The summed E-state index contributed by atoms with van der Waals surface area (Å²) in [7, 11) is 0. The second kappa shape index (κ2) is 5.58. The van der Waals surface area contributed by atoms with Crippen molar-refractivity contribution in [2.24, 2.45) is 0 Å². The monoisotopic (exact) mass is 315 g/mol. The Morgan fingerprint density at radius 3 is 2.71 bits per heavy atom. The Hall–Kier alpha value is -1.72. The van der Waals surface area contributed by atoms with Gasteiger partial charge in [0.15, 0.2) is 5.13 Å². The molecule has 0 amide bonds. The smallest absolute Gasteiger partial charge is 0.180 e. The molecule has 0 bridgehead atoms. The molecule has 0 aliphatic heterocycles. The molecule has 3 nitrogen and oxygen atoms in total. The van der Waals surface area contributed by atoms with E-state index in [0.717, 1.165) is 11.3 Å². The first-order chi connectivity index (χ1) is 10.1. The van der Waals surface area contributed by atoms with Gasteiger partial charge in [0.05, 0.1) is 5.69 Å². The quantitative estimate of drug-likeness (QED) is 0.723. The zero-order chi connectivity index (χ0) is 15.0. The van der Waals surface area contributed by atoms with E-state index in [0.29, 0.717) is 5.13 Å². The van der Waals surface area contributed by atoms with Gasteiger partial charge in [0.1, 0.15) is 0 Å². The lowest BCUT2D eigenvalue weighted by Crippen LogP contribution is -1.99. The number of thiazole rings is 1. The maximum Gasteiger partial charge on any atom is 0.180 e. The normalized spacial score (nSPS) is 11.0. The number of benzene rings is 1. The highest BCUT2D eigenvalue weighted by Gasteiger charge is 2.14. The van der Waals surface area contributed by atoms with Crippen molar-refractivity contribution in [2.75, 3.05) is 12.0 Å². The Kier molecular flexibility index (Phi) is 3.78. The van der Waals surface area contributed by atoms with Crippen molar-refractivity contribution in [3.05, 3.63) is 47.1 Å². The summed E-state index contributed by atoms with van der Waals surface area (Å²) in [6.45, 7) is 4.25. The predicted octanol–water partition coefficient (Wildman–Crippen LogP) is 4.52. The predicted molar refractivity (Wildman–Crippen MR) is 92.5 cm³/mol. The van der Waals surface area contributed by atoms with Gasteiger partial charge in [0, 0.05) is 32.9 Å². The average molecular weight is 315 g/mol. The third-order valence-corrected chi connectivity index (χ3v) is 4.94. The largest absolute Gasteiger partial charge is 0.375 e. The van der Waals surface area contributed by atoms with E-state index >= 15 is 0 Å². The summed E-state index contributed by atoms with van der Waals surface area (Å²) in [6, 6.07) is 10.8. The summed E-state index contributed by atoms with van der Waals surface area (Å²) in [4.78, 5) is 5.67. The van der Waals surface area contributed by atoms with Crippen LogP contribution in [0.3, 0.4) is 0 Å². The van der Waals surface area contributed by atoms with Gasteiger partial charge < -0.3 is 10.3 Å². The van der Waals surface area contributed by atoms with E-state index < -0.39 is 0 Å². The summed E-state index contributed by atoms with van der Waals surface area (Å²) in [6.07, 6.45) is 2.10. The van der Waals surface area contributed by atoms with Gasteiger partial charge in [-0.05, 0) is 44.4 Å². The second-order valence-electron chi connectivity index (χ2n) is 4.89. The van der Waals surface area contributed by atoms with E-state index in [1.165, 1.54) is 33.3 Å². The standard InChI is InChI=1S/C16H17N3S2/c1-10-7-14(15-9-21-16(17)18-15)11(2)19(10)12-5-4-6-13(8-12)20-3/h4-9H,1-3H3,(H2,17,18). The number of nitrogens with zero attached hydrogens (tertiary/aromatic N) is 2. The van der Waals surface area contributed by atoms with Crippen molar-refractivity contribution in [3.8, 4) is 16.9 Å². The number of aryl methyl sites for hydroxylation is 1. The molecule has 5 heteroatoms. The van der Waals surface area contributed by atoms with Crippen LogP contribution in [0.25, 0.3) is 16.9 Å².